The van der Waals surface area contributed by atoms with Gasteiger partial charge in [0.15, 0.2) is 6.61 Å². The van der Waals surface area contributed by atoms with Crippen molar-refractivity contribution < 1.29 is 22.7 Å². The summed E-state index contributed by atoms with van der Waals surface area (Å²) in [6, 6.07) is 9.12. The van der Waals surface area contributed by atoms with Gasteiger partial charge in [0.25, 0.3) is 5.91 Å². The number of sulfonamides is 1. The zero-order chi connectivity index (χ0) is 21.9. The second-order valence-corrected chi connectivity index (χ2v) is 9.54. The Labute approximate surface area is 181 Å². The third-order valence-electron chi connectivity index (χ3n) is 4.82. The van der Waals surface area contributed by atoms with E-state index in [9.17, 15) is 18.0 Å². The quantitative estimate of drug-likeness (QED) is 0.679. The summed E-state index contributed by atoms with van der Waals surface area (Å²) in [6.45, 7) is 4.24. The highest BCUT2D eigenvalue weighted by molar-refractivity contribution is 7.89. The standard InChI is InChI=1S/C21H23ClN2O5S/c1-14-11-15(2)20(18(22)12-14)23-19(25)13-29-21(26)16-5-7-17(8-6-16)30(27,28)24-9-3-4-10-24/h5-8,11-12H,3-4,9-10,13H2,1-2H3,(H,23,25). The van der Waals surface area contributed by atoms with Gasteiger partial charge in [-0.25, -0.2) is 13.2 Å². The predicted octanol–water partition coefficient (Wildman–Crippen LogP) is 3.54. The van der Waals surface area contributed by atoms with Crippen LogP contribution in [0, 0.1) is 13.8 Å². The van der Waals surface area contributed by atoms with Crippen LogP contribution in [0.1, 0.15) is 34.3 Å². The third kappa shape index (κ3) is 5.00. The molecule has 0 bridgehead atoms. The molecule has 1 saturated heterocycles. The van der Waals surface area contributed by atoms with Crippen LogP contribution in [0.25, 0.3) is 0 Å². The van der Waals surface area contributed by atoms with E-state index in [0.29, 0.717) is 23.8 Å². The molecule has 0 aromatic heterocycles. The van der Waals surface area contributed by atoms with Crippen LogP contribution in [-0.4, -0.2) is 44.3 Å². The van der Waals surface area contributed by atoms with E-state index in [2.05, 4.69) is 5.32 Å². The van der Waals surface area contributed by atoms with E-state index < -0.39 is 28.5 Å². The summed E-state index contributed by atoms with van der Waals surface area (Å²) in [5, 5.41) is 3.04. The predicted molar refractivity (Wildman–Crippen MR) is 114 cm³/mol. The van der Waals surface area contributed by atoms with Crippen LogP contribution in [0.5, 0.6) is 0 Å². The Balaban J connectivity index is 1.59. The third-order valence-corrected chi connectivity index (χ3v) is 7.03. The lowest BCUT2D eigenvalue weighted by molar-refractivity contribution is -0.119. The van der Waals surface area contributed by atoms with E-state index >= 15 is 0 Å². The van der Waals surface area contributed by atoms with Crippen molar-refractivity contribution in [2.75, 3.05) is 25.0 Å². The fourth-order valence-corrected chi connectivity index (χ4v) is 5.19. The van der Waals surface area contributed by atoms with Gasteiger partial charge in [-0.1, -0.05) is 17.7 Å². The van der Waals surface area contributed by atoms with Gasteiger partial charge in [-0.05, 0) is 68.1 Å². The molecule has 7 nitrogen and oxygen atoms in total. The van der Waals surface area contributed by atoms with E-state index in [1.807, 2.05) is 19.9 Å². The lowest BCUT2D eigenvalue weighted by Crippen LogP contribution is -2.27. The molecule has 1 heterocycles. The Morgan fingerprint density at radius 3 is 2.33 bits per heavy atom. The number of anilines is 1. The molecule has 1 aliphatic rings. The van der Waals surface area contributed by atoms with Gasteiger partial charge in [-0.15, -0.1) is 0 Å². The first-order chi connectivity index (χ1) is 14.2. The number of ether oxygens (including phenoxy) is 1. The van der Waals surface area contributed by atoms with Crippen LogP contribution in [-0.2, 0) is 19.6 Å². The average molecular weight is 451 g/mol. The molecule has 1 aliphatic heterocycles. The van der Waals surface area contributed by atoms with E-state index in [1.165, 1.54) is 28.6 Å². The Morgan fingerprint density at radius 2 is 1.73 bits per heavy atom. The summed E-state index contributed by atoms with van der Waals surface area (Å²) in [4.78, 5) is 24.5. The molecular formula is C21H23ClN2O5S. The topological polar surface area (TPSA) is 92.8 Å². The summed E-state index contributed by atoms with van der Waals surface area (Å²) in [5.41, 5.74) is 2.40. The van der Waals surface area contributed by atoms with Crippen LogP contribution in [0.2, 0.25) is 5.02 Å². The van der Waals surface area contributed by atoms with Gasteiger partial charge < -0.3 is 10.1 Å². The molecule has 3 rings (SSSR count). The van der Waals surface area contributed by atoms with Crippen molar-refractivity contribution in [1.82, 2.24) is 4.31 Å². The molecule has 0 radical (unpaired) electrons. The van der Waals surface area contributed by atoms with Crippen molar-refractivity contribution in [3.05, 3.63) is 58.1 Å². The molecule has 1 N–H and O–H groups in total. The Morgan fingerprint density at radius 1 is 1.10 bits per heavy atom. The molecular weight excluding hydrogens is 428 g/mol. The molecule has 1 fully saturated rings. The zero-order valence-corrected chi connectivity index (χ0v) is 18.3. The minimum Gasteiger partial charge on any atom is -0.452 e. The number of nitrogens with one attached hydrogen (secondary N) is 1. The van der Waals surface area contributed by atoms with Crippen molar-refractivity contribution in [1.29, 1.82) is 0 Å². The highest BCUT2D eigenvalue weighted by atomic mass is 35.5. The summed E-state index contributed by atoms with van der Waals surface area (Å²) >= 11 is 6.16. The molecule has 9 heteroatoms. The average Bonchev–Trinajstić information content (AvgIpc) is 3.25. The van der Waals surface area contributed by atoms with Crippen molar-refractivity contribution >= 4 is 39.2 Å². The van der Waals surface area contributed by atoms with E-state index in [4.69, 9.17) is 16.3 Å². The maximum absolute atomic E-state index is 12.5. The van der Waals surface area contributed by atoms with Crippen molar-refractivity contribution in [3.8, 4) is 0 Å². The minimum absolute atomic E-state index is 0.128. The van der Waals surface area contributed by atoms with Gasteiger partial charge in [-0.2, -0.15) is 4.31 Å². The number of hydrogen-bond acceptors (Lipinski definition) is 5. The molecule has 1 amide bonds. The van der Waals surface area contributed by atoms with Crippen LogP contribution < -0.4 is 5.32 Å². The van der Waals surface area contributed by atoms with Crippen molar-refractivity contribution in [3.63, 3.8) is 0 Å². The summed E-state index contributed by atoms with van der Waals surface area (Å²) in [5.74, 6) is -1.24. The molecule has 2 aromatic rings. The summed E-state index contributed by atoms with van der Waals surface area (Å²) in [7, 11) is -3.55. The number of esters is 1. The smallest absolute Gasteiger partial charge is 0.338 e. The first-order valence-corrected chi connectivity index (χ1v) is 11.3. The normalized spacial score (nSPS) is 14.5. The van der Waals surface area contributed by atoms with Crippen LogP contribution in [0.4, 0.5) is 5.69 Å². The Kier molecular flexibility index (Phi) is 6.80. The number of carbonyl (C=O) groups is 2. The monoisotopic (exact) mass is 450 g/mol. The van der Waals surface area contributed by atoms with Gasteiger partial charge in [0.05, 0.1) is 21.2 Å². The fraction of sp³-hybridized carbons (Fsp3) is 0.333. The number of carbonyl (C=O) groups excluding carboxylic acids is 2. The molecule has 0 aliphatic carbocycles. The van der Waals surface area contributed by atoms with Crippen LogP contribution >= 0.6 is 11.6 Å². The molecule has 0 spiro atoms. The van der Waals surface area contributed by atoms with Gasteiger partial charge in [0.2, 0.25) is 10.0 Å². The van der Waals surface area contributed by atoms with Crippen LogP contribution in [0.3, 0.4) is 0 Å². The second kappa shape index (κ2) is 9.16. The minimum atomic E-state index is -3.55. The number of benzene rings is 2. The molecule has 160 valence electrons. The molecule has 0 saturated carbocycles. The summed E-state index contributed by atoms with van der Waals surface area (Å²) < 4.78 is 31.5. The van der Waals surface area contributed by atoms with Crippen LogP contribution in [0.15, 0.2) is 41.3 Å². The Hall–Kier alpha value is -2.42. The number of nitrogens with zero attached hydrogens (tertiary/aromatic N) is 1. The number of halogens is 1. The van der Waals surface area contributed by atoms with E-state index in [1.54, 1.807) is 6.07 Å². The number of amides is 1. The van der Waals surface area contributed by atoms with E-state index in [-0.39, 0.29) is 10.5 Å². The largest absolute Gasteiger partial charge is 0.452 e. The molecule has 0 atom stereocenters. The molecule has 2 aromatic carbocycles. The maximum atomic E-state index is 12.5. The first-order valence-electron chi connectivity index (χ1n) is 9.52. The summed E-state index contributed by atoms with van der Waals surface area (Å²) in [6.07, 6.45) is 1.69. The van der Waals surface area contributed by atoms with Crippen molar-refractivity contribution in [2.45, 2.75) is 31.6 Å². The van der Waals surface area contributed by atoms with Crippen molar-refractivity contribution in [2.24, 2.45) is 0 Å². The van der Waals surface area contributed by atoms with Gasteiger partial charge in [0, 0.05) is 13.1 Å². The lowest BCUT2D eigenvalue weighted by atomic mass is 10.1. The molecule has 0 unspecified atom stereocenters. The fourth-order valence-electron chi connectivity index (χ4n) is 3.30. The lowest BCUT2D eigenvalue weighted by Gasteiger charge is -2.15. The highest BCUT2D eigenvalue weighted by Gasteiger charge is 2.27. The molecule has 30 heavy (non-hydrogen) atoms. The zero-order valence-electron chi connectivity index (χ0n) is 16.8. The highest BCUT2D eigenvalue weighted by Crippen LogP contribution is 2.27. The van der Waals surface area contributed by atoms with Gasteiger partial charge >= 0.3 is 5.97 Å². The van der Waals surface area contributed by atoms with Gasteiger partial charge in [0.1, 0.15) is 0 Å². The number of aryl methyl sites for hydroxylation is 2. The second-order valence-electron chi connectivity index (χ2n) is 7.20. The van der Waals surface area contributed by atoms with E-state index in [0.717, 1.165) is 24.0 Å². The Bertz CT molecular complexity index is 1040. The maximum Gasteiger partial charge on any atom is 0.338 e. The van der Waals surface area contributed by atoms with Gasteiger partial charge in [-0.3, -0.25) is 4.79 Å². The number of hydrogen-bond donors (Lipinski definition) is 1. The SMILES string of the molecule is Cc1cc(C)c(NC(=O)COC(=O)c2ccc(S(=O)(=O)N3CCCC3)cc2)c(Cl)c1. The first kappa shape index (κ1) is 22.3. The number of rotatable bonds is 6.